The lowest BCUT2D eigenvalue weighted by Crippen LogP contribution is -2.56. The summed E-state index contributed by atoms with van der Waals surface area (Å²) < 4.78 is 0. The number of carbonyl (C=O) groups excluding carboxylic acids is 2. The molecule has 0 unspecified atom stereocenters. The molecule has 1 aromatic carbocycles. The number of nitrogens with zero attached hydrogens (tertiary/aromatic N) is 3. The molecule has 32 heavy (non-hydrogen) atoms. The monoisotopic (exact) mass is 430 g/mol. The van der Waals surface area contributed by atoms with Crippen molar-refractivity contribution in [1.29, 1.82) is 0 Å². The average Bonchev–Trinajstić information content (AvgIpc) is 3.08. The molecular formula is C26H30N4O2. The molecule has 2 fully saturated rings. The van der Waals surface area contributed by atoms with Gasteiger partial charge in [-0.05, 0) is 74.9 Å². The van der Waals surface area contributed by atoms with Crippen molar-refractivity contribution in [2.24, 2.45) is 5.92 Å². The van der Waals surface area contributed by atoms with Crippen molar-refractivity contribution < 1.29 is 9.59 Å². The third kappa shape index (κ3) is 4.68. The van der Waals surface area contributed by atoms with E-state index in [0.29, 0.717) is 6.42 Å². The summed E-state index contributed by atoms with van der Waals surface area (Å²) in [6, 6.07) is 13.9. The Bertz CT molecular complexity index is 991. The predicted molar refractivity (Wildman–Crippen MR) is 123 cm³/mol. The van der Waals surface area contributed by atoms with Crippen LogP contribution >= 0.6 is 0 Å². The number of urea groups is 1. The van der Waals surface area contributed by atoms with E-state index in [2.05, 4.69) is 39.2 Å². The minimum absolute atomic E-state index is 0.107. The Labute approximate surface area is 190 Å². The van der Waals surface area contributed by atoms with Gasteiger partial charge in [-0.15, -0.1) is 5.92 Å². The second-order valence-corrected chi connectivity index (χ2v) is 8.61. The first-order valence-corrected chi connectivity index (χ1v) is 11.3. The van der Waals surface area contributed by atoms with Crippen LogP contribution in [0.3, 0.4) is 0 Å². The van der Waals surface area contributed by atoms with E-state index in [1.165, 1.54) is 16.0 Å². The molecule has 166 valence electrons. The lowest BCUT2D eigenvalue weighted by atomic mass is 9.74. The molecule has 0 radical (unpaired) electrons. The molecule has 6 nitrogen and oxygen atoms in total. The molecule has 0 spiro atoms. The molecule has 1 N–H and O–H groups in total. The highest BCUT2D eigenvalue weighted by atomic mass is 16.2. The Kier molecular flexibility index (Phi) is 6.87. The van der Waals surface area contributed by atoms with E-state index in [-0.39, 0.29) is 24.4 Å². The van der Waals surface area contributed by atoms with E-state index < -0.39 is 5.54 Å². The fourth-order valence-corrected chi connectivity index (χ4v) is 4.91. The van der Waals surface area contributed by atoms with Crippen molar-refractivity contribution in [3.8, 4) is 11.8 Å². The third-order valence-electron chi connectivity index (χ3n) is 6.71. The number of rotatable bonds is 7. The quantitative estimate of drug-likeness (QED) is 0.541. The Morgan fingerprint density at radius 1 is 1.06 bits per heavy atom. The van der Waals surface area contributed by atoms with Crippen LogP contribution in [-0.4, -0.2) is 51.9 Å². The number of nitrogens with one attached hydrogen (secondary N) is 1. The SMILES string of the molecule is CC#CCN1C(=O)N[C@@](CCc2ccccc2)(C2CCN(Cc3ccncc3)CC2)C1=O. The zero-order valence-electron chi connectivity index (χ0n) is 18.6. The third-order valence-corrected chi connectivity index (χ3v) is 6.71. The standard InChI is InChI=1S/C26H30N4O2/c1-2-3-17-30-24(31)26(28-25(30)32,14-9-21-7-5-4-6-8-21)23-12-18-29(19-13-23)20-22-10-15-27-16-11-22/h4-8,10-11,15-16,23H,9,12-14,17-20H2,1H3,(H,28,32)/t26-/m0/s1. The van der Waals surface area contributed by atoms with E-state index in [9.17, 15) is 9.59 Å². The summed E-state index contributed by atoms with van der Waals surface area (Å²) in [6.45, 7) is 4.55. The van der Waals surface area contributed by atoms with Gasteiger partial charge in [0.25, 0.3) is 5.91 Å². The number of imide groups is 1. The first-order chi connectivity index (χ1) is 15.6. The molecule has 1 aromatic heterocycles. The average molecular weight is 431 g/mol. The number of likely N-dealkylation sites (tertiary alicyclic amines) is 1. The largest absolute Gasteiger partial charge is 0.325 e. The first kappa shape index (κ1) is 22.0. The molecule has 3 amide bonds. The highest BCUT2D eigenvalue weighted by Crippen LogP contribution is 2.37. The number of hydrogen-bond donors (Lipinski definition) is 1. The van der Waals surface area contributed by atoms with E-state index >= 15 is 0 Å². The number of piperidine rings is 1. The lowest BCUT2D eigenvalue weighted by molar-refractivity contribution is -0.134. The van der Waals surface area contributed by atoms with Crippen molar-refractivity contribution in [2.45, 2.75) is 44.7 Å². The maximum Gasteiger partial charge on any atom is 0.325 e. The van der Waals surface area contributed by atoms with Crippen LogP contribution in [0.25, 0.3) is 0 Å². The molecule has 3 heterocycles. The number of amides is 3. The Balaban J connectivity index is 1.50. The normalized spacial score (nSPS) is 21.8. The zero-order valence-corrected chi connectivity index (χ0v) is 18.6. The molecule has 6 heteroatoms. The molecule has 2 aliphatic rings. The molecular weight excluding hydrogens is 400 g/mol. The van der Waals surface area contributed by atoms with Gasteiger partial charge in [0, 0.05) is 18.9 Å². The smallest absolute Gasteiger partial charge is 0.323 e. The Hall–Kier alpha value is -3.17. The molecule has 2 aliphatic heterocycles. The van der Waals surface area contributed by atoms with Crippen molar-refractivity contribution in [2.75, 3.05) is 19.6 Å². The van der Waals surface area contributed by atoms with E-state index in [4.69, 9.17) is 0 Å². The summed E-state index contributed by atoms with van der Waals surface area (Å²) >= 11 is 0. The van der Waals surface area contributed by atoms with Crippen molar-refractivity contribution in [3.63, 3.8) is 0 Å². The number of benzene rings is 1. The van der Waals surface area contributed by atoms with Crippen LogP contribution in [0.1, 0.15) is 37.3 Å². The van der Waals surface area contributed by atoms with Gasteiger partial charge in [0.2, 0.25) is 0 Å². The summed E-state index contributed by atoms with van der Waals surface area (Å²) in [4.78, 5) is 34.2. The van der Waals surface area contributed by atoms with E-state index in [1.54, 1.807) is 6.92 Å². The predicted octanol–water partition coefficient (Wildman–Crippen LogP) is 3.24. The molecule has 0 bridgehead atoms. The van der Waals surface area contributed by atoms with Crippen molar-refractivity contribution in [1.82, 2.24) is 20.1 Å². The van der Waals surface area contributed by atoms with E-state index in [1.807, 2.05) is 42.7 Å². The fraction of sp³-hybridized carbons (Fsp3) is 0.423. The van der Waals surface area contributed by atoms with Gasteiger partial charge in [-0.2, -0.15) is 0 Å². The van der Waals surface area contributed by atoms with Crippen LogP contribution in [0.5, 0.6) is 0 Å². The summed E-state index contributed by atoms with van der Waals surface area (Å²) in [5, 5.41) is 3.12. The fourth-order valence-electron chi connectivity index (χ4n) is 4.91. The topological polar surface area (TPSA) is 65.5 Å². The van der Waals surface area contributed by atoms with Crippen LogP contribution in [0, 0.1) is 17.8 Å². The van der Waals surface area contributed by atoms with Gasteiger partial charge in [-0.1, -0.05) is 36.3 Å². The number of pyridine rings is 1. The number of aromatic nitrogens is 1. The molecule has 2 saturated heterocycles. The number of carbonyl (C=O) groups is 2. The van der Waals surface area contributed by atoms with Crippen LogP contribution in [0.4, 0.5) is 4.79 Å². The summed E-state index contributed by atoms with van der Waals surface area (Å²) in [7, 11) is 0. The lowest BCUT2D eigenvalue weighted by Gasteiger charge is -2.41. The first-order valence-electron chi connectivity index (χ1n) is 11.3. The van der Waals surface area contributed by atoms with Crippen LogP contribution in [0.2, 0.25) is 0 Å². The molecule has 1 atom stereocenters. The van der Waals surface area contributed by atoms with Crippen LogP contribution in [0.15, 0.2) is 54.9 Å². The van der Waals surface area contributed by atoms with Gasteiger partial charge in [0.1, 0.15) is 5.54 Å². The van der Waals surface area contributed by atoms with Crippen molar-refractivity contribution in [3.05, 3.63) is 66.0 Å². The van der Waals surface area contributed by atoms with Gasteiger partial charge in [0.15, 0.2) is 0 Å². The van der Waals surface area contributed by atoms with Gasteiger partial charge in [-0.3, -0.25) is 19.6 Å². The highest BCUT2D eigenvalue weighted by molar-refractivity contribution is 6.07. The summed E-state index contributed by atoms with van der Waals surface area (Å²) in [5.74, 6) is 5.67. The van der Waals surface area contributed by atoms with E-state index in [0.717, 1.165) is 38.9 Å². The van der Waals surface area contributed by atoms with Gasteiger partial charge >= 0.3 is 6.03 Å². The maximum absolute atomic E-state index is 13.6. The van der Waals surface area contributed by atoms with Crippen LogP contribution in [-0.2, 0) is 17.8 Å². The maximum atomic E-state index is 13.6. The summed E-state index contributed by atoms with van der Waals surface area (Å²) in [6.07, 6.45) is 6.74. The Morgan fingerprint density at radius 2 is 1.78 bits per heavy atom. The second-order valence-electron chi connectivity index (χ2n) is 8.61. The zero-order chi connectivity index (χ0) is 22.4. The molecule has 4 rings (SSSR count). The minimum atomic E-state index is -0.856. The molecule has 0 saturated carbocycles. The van der Waals surface area contributed by atoms with Crippen LogP contribution < -0.4 is 5.32 Å². The molecule has 0 aliphatic carbocycles. The van der Waals surface area contributed by atoms with Crippen molar-refractivity contribution >= 4 is 11.9 Å². The number of hydrogen-bond acceptors (Lipinski definition) is 4. The molecule has 2 aromatic rings. The van der Waals surface area contributed by atoms with Gasteiger partial charge in [-0.25, -0.2) is 4.79 Å². The second kappa shape index (κ2) is 9.97. The highest BCUT2D eigenvalue weighted by Gasteiger charge is 2.55. The summed E-state index contributed by atoms with van der Waals surface area (Å²) in [5.41, 5.74) is 1.56. The minimum Gasteiger partial charge on any atom is -0.323 e. The Morgan fingerprint density at radius 3 is 2.47 bits per heavy atom. The van der Waals surface area contributed by atoms with Gasteiger partial charge < -0.3 is 5.32 Å². The van der Waals surface area contributed by atoms with Gasteiger partial charge in [0.05, 0.1) is 6.54 Å². The number of aryl methyl sites for hydroxylation is 1.